The zero-order chi connectivity index (χ0) is 12.8. The summed E-state index contributed by atoms with van der Waals surface area (Å²) in [6.07, 6.45) is 2.76. The lowest BCUT2D eigenvalue weighted by atomic mass is 10.1. The van der Waals surface area contributed by atoms with E-state index in [0.29, 0.717) is 24.4 Å². The largest absolute Gasteiger partial charge is 0.467 e. The molecule has 0 bridgehead atoms. The molecule has 0 aliphatic rings. The topological polar surface area (TPSA) is 42.2 Å². The second kappa shape index (κ2) is 6.26. The molecule has 3 nitrogen and oxygen atoms in total. The Balaban J connectivity index is 1.73. The summed E-state index contributed by atoms with van der Waals surface area (Å²) in [5.41, 5.74) is 1.10. The van der Waals surface area contributed by atoms with Crippen molar-refractivity contribution >= 4 is 17.5 Å². The molecule has 1 aromatic heterocycles. The second-order valence-electron chi connectivity index (χ2n) is 3.98. The molecule has 0 aliphatic heterocycles. The molecule has 1 amide bonds. The van der Waals surface area contributed by atoms with Crippen molar-refractivity contribution in [2.45, 2.75) is 19.4 Å². The average Bonchev–Trinajstić information content (AvgIpc) is 2.89. The molecule has 0 unspecified atom stereocenters. The van der Waals surface area contributed by atoms with Crippen LogP contribution in [0.3, 0.4) is 0 Å². The van der Waals surface area contributed by atoms with Gasteiger partial charge in [-0.15, -0.1) is 0 Å². The van der Waals surface area contributed by atoms with Gasteiger partial charge in [-0.2, -0.15) is 0 Å². The van der Waals surface area contributed by atoms with Gasteiger partial charge < -0.3 is 9.73 Å². The van der Waals surface area contributed by atoms with E-state index in [0.717, 1.165) is 11.3 Å². The van der Waals surface area contributed by atoms with E-state index >= 15 is 0 Å². The molecular weight excluding hydrogens is 250 g/mol. The van der Waals surface area contributed by atoms with Crippen molar-refractivity contribution in [1.82, 2.24) is 5.32 Å². The van der Waals surface area contributed by atoms with E-state index in [2.05, 4.69) is 5.32 Å². The minimum Gasteiger partial charge on any atom is -0.467 e. The van der Waals surface area contributed by atoms with Gasteiger partial charge in [-0.3, -0.25) is 4.79 Å². The lowest BCUT2D eigenvalue weighted by Gasteiger charge is -2.03. The highest BCUT2D eigenvalue weighted by molar-refractivity contribution is 6.30. The van der Waals surface area contributed by atoms with Crippen LogP contribution in [0.1, 0.15) is 17.7 Å². The Morgan fingerprint density at radius 2 is 2.00 bits per heavy atom. The quantitative estimate of drug-likeness (QED) is 0.900. The molecule has 0 atom stereocenters. The number of benzene rings is 1. The first-order chi connectivity index (χ1) is 8.74. The minimum atomic E-state index is 0.0151. The van der Waals surface area contributed by atoms with Gasteiger partial charge in [0.2, 0.25) is 5.91 Å². The predicted octanol–water partition coefficient (Wildman–Crippen LogP) is 3.18. The van der Waals surface area contributed by atoms with Gasteiger partial charge >= 0.3 is 0 Å². The van der Waals surface area contributed by atoms with Crippen LogP contribution in [-0.2, 0) is 17.8 Å². The Bertz CT molecular complexity index is 491. The van der Waals surface area contributed by atoms with Crippen LogP contribution in [0.5, 0.6) is 0 Å². The van der Waals surface area contributed by atoms with E-state index in [-0.39, 0.29) is 5.91 Å². The summed E-state index contributed by atoms with van der Waals surface area (Å²) in [4.78, 5) is 11.6. The molecule has 0 spiro atoms. The zero-order valence-corrected chi connectivity index (χ0v) is 10.6. The van der Waals surface area contributed by atoms with Gasteiger partial charge in [0.25, 0.3) is 0 Å². The first-order valence-electron chi connectivity index (χ1n) is 5.77. The van der Waals surface area contributed by atoms with Crippen LogP contribution >= 0.6 is 11.6 Å². The third-order valence-electron chi connectivity index (χ3n) is 2.59. The normalized spacial score (nSPS) is 10.3. The Hall–Kier alpha value is -1.74. The summed E-state index contributed by atoms with van der Waals surface area (Å²) in [5.74, 6) is 0.774. The number of carbonyl (C=O) groups excluding carboxylic acids is 1. The molecule has 1 aromatic carbocycles. The molecule has 0 saturated heterocycles. The monoisotopic (exact) mass is 263 g/mol. The fourth-order valence-corrected chi connectivity index (χ4v) is 1.72. The molecule has 2 aromatic rings. The maximum atomic E-state index is 11.6. The Labute approximate surface area is 111 Å². The lowest BCUT2D eigenvalue weighted by Crippen LogP contribution is -2.22. The highest BCUT2D eigenvalue weighted by atomic mass is 35.5. The third-order valence-corrected chi connectivity index (χ3v) is 2.85. The number of nitrogens with one attached hydrogen (secondary N) is 1. The number of amides is 1. The van der Waals surface area contributed by atoms with Crippen molar-refractivity contribution < 1.29 is 9.21 Å². The van der Waals surface area contributed by atoms with Gasteiger partial charge in [-0.05, 0) is 36.2 Å². The van der Waals surface area contributed by atoms with E-state index in [1.165, 1.54) is 0 Å². The van der Waals surface area contributed by atoms with Crippen LogP contribution in [-0.4, -0.2) is 5.91 Å². The van der Waals surface area contributed by atoms with Crippen molar-refractivity contribution in [3.63, 3.8) is 0 Å². The first-order valence-corrected chi connectivity index (χ1v) is 6.15. The molecule has 94 valence electrons. The maximum Gasteiger partial charge on any atom is 0.220 e. The van der Waals surface area contributed by atoms with Crippen LogP contribution in [0.2, 0.25) is 5.02 Å². The van der Waals surface area contributed by atoms with Gasteiger partial charge in [-0.25, -0.2) is 0 Å². The molecular formula is C14H14ClNO2. The summed E-state index contributed by atoms with van der Waals surface area (Å²) in [6.45, 7) is 0.437. The van der Waals surface area contributed by atoms with Crippen LogP contribution in [0.25, 0.3) is 0 Å². The standard InChI is InChI=1S/C14H14ClNO2/c15-12-6-3-11(4-7-12)5-8-14(17)16-10-13-2-1-9-18-13/h1-4,6-7,9H,5,8,10H2,(H,16,17). The summed E-state index contributed by atoms with van der Waals surface area (Å²) < 4.78 is 5.13. The molecule has 18 heavy (non-hydrogen) atoms. The molecule has 1 N–H and O–H groups in total. The van der Waals surface area contributed by atoms with E-state index < -0.39 is 0 Å². The molecule has 2 rings (SSSR count). The van der Waals surface area contributed by atoms with Crippen LogP contribution in [0.15, 0.2) is 47.1 Å². The SMILES string of the molecule is O=C(CCc1ccc(Cl)cc1)NCc1ccco1. The van der Waals surface area contributed by atoms with Crippen molar-refractivity contribution in [2.24, 2.45) is 0 Å². The van der Waals surface area contributed by atoms with Crippen molar-refractivity contribution in [2.75, 3.05) is 0 Å². The fourth-order valence-electron chi connectivity index (χ4n) is 1.60. The van der Waals surface area contributed by atoms with E-state index in [1.54, 1.807) is 12.3 Å². The molecule has 0 radical (unpaired) electrons. The maximum absolute atomic E-state index is 11.6. The highest BCUT2D eigenvalue weighted by Gasteiger charge is 2.03. The third kappa shape index (κ3) is 3.93. The summed E-state index contributed by atoms with van der Waals surface area (Å²) in [5, 5.41) is 3.52. The molecule has 0 fully saturated rings. The van der Waals surface area contributed by atoms with E-state index in [9.17, 15) is 4.79 Å². The van der Waals surface area contributed by atoms with Gasteiger partial charge in [0.1, 0.15) is 5.76 Å². The predicted molar refractivity (Wildman–Crippen MR) is 70.3 cm³/mol. The smallest absolute Gasteiger partial charge is 0.220 e. The van der Waals surface area contributed by atoms with E-state index in [4.69, 9.17) is 16.0 Å². The van der Waals surface area contributed by atoms with Gasteiger partial charge in [0, 0.05) is 11.4 Å². The van der Waals surface area contributed by atoms with Crippen molar-refractivity contribution in [1.29, 1.82) is 0 Å². The van der Waals surface area contributed by atoms with Crippen LogP contribution in [0, 0.1) is 0 Å². The highest BCUT2D eigenvalue weighted by Crippen LogP contribution is 2.10. The molecule has 0 saturated carbocycles. The fraction of sp³-hybridized carbons (Fsp3) is 0.214. The first kappa shape index (κ1) is 12.7. The number of halogens is 1. The lowest BCUT2D eigenvalue weighted by molar-refractivity contribution is -0.121. The second-order valence-corrected chi connectivity index (χ2v) is 4.42. The van der Waals surface area contributed by atoms with Gasteiger partial charge in [-0.1, -0.05) is 23.7 Å². The summed E-state index contributed by atoms with van der Waals surface area (Å²) >= 11 is 5.79. The van der Waals surface area contributed by atoms with Crippen molar-refractivity contribution in [3.05, 3.63) is 59.0 Å². The Kier molecular flexibility index (Phi) is 4.42. The number of carbonyl (C=O) groups is 1. The number of hydrogen-bond acceptors (Lipinski definition) is 2. The Morgan fingerprint density at radius 1 is 1.22 bits per heavy atom. The molecule has 0 aliphatic carbocycles. The van der Waals surface area contributed by atoms with Crippen molar-refractivity contribution in [3.8, 4) is 0 Å². The van der Waals surface area contributed by atoms with E-state index in [1.807, 2.05) is 30.3 Å². The van der Waals surface area contributed by atoms with Gasteiger partial charge in [0.15, 0.2) is 0 Å². The Morgan fingerprint density at radius 3 is 2.67 bits per heavy atom. The van der Waals surface area contributed by atoms with Crippen LogP contribution in [0.4, 0.5) is 0 Å². The van der Waals surface area contributed by atoms with Gasteiger partial charge in [0.05, 0.1) is 12.8 Å². The summed E-state index contributed by atoms with van der Waals surface area (Å²) in [7, 11) is 0. The number of hydrogen-bond donors (Lipinski definition) is 1. The zero-order valence-electron chi connectivity index (χ0n) is 9.86. The molecule has 4 heteroatoms. The summed E-state index contributed by atoms with van der Waals surface area (Å²) in [6, 6.07) is 11.2. The number of aryl methyl sites for hydroxylation is 1. The molecule has 1 heterocycles. The number of furan rings is 1. The minimum absolute atomic E-state index is 0.0151. The van der Waals surface area contributed by atoms with Crippen LogP contribution < -0.4 is 5.32 Å². The number of rotatable bonds is 5. The average molecular weight is 264 g/mol.